The number of Topliss-reactive ketones (excluding diaryl/α,β-unsaturated/α-hetero) is 1. The van der Waals surface area contributed by atoms with E-state index in [0.29, 0.717) is 23.3 Å². The highest BCUT2D eigenvalue weighted by atomic mass is 16.1. The average Bonchev–Trinajstić information content (AvgIpc) is 3.53. The van der Waals surface area contributed by atoms with E-state index in [1.807, 2.05) is 80.0 Å². The first-order chi connectivity index (χ1) is 17.1. The second kappa shape index (κ2) is 9.75. The van der Waals surface area contributed by atoms with Crippen molar-refractivity contribution in [3.63, 3.8) is 0 Å². The second-order valence-corrected chi connectivity index (χ2v) is 8.42. The molecule has 2 N–H and O–H groups in total. The van der Waals surface area contributed by atoms with Crippen molar-refractivity contribution in [1.29, 1.82) is 5.26 Å². The molecule has 0 aliphatic carbocycles. The molecule has 5 aromatic rings. The zero-order chi connectivity index (χ0) is 24.2. The van der Waals surface area contributed by atoms with Gasteiger partial charge in [0.15, 0.2) is 5.78 Å². The Morgan fingerprint density at radius 2 is 1.91 bits per heavy atom. The number of fused-ring (bicyclic) bond motifs is 1. The molecule has 35 heavy (non-hydrogen) atoms. The largest absolute Gasteiger partial charge is 0.345 e. The lowest BCUT2D eigenvalue weighted by atomic mass is 9.97. The van der Waals surface area contributed by atoms with Crippen LogP contribution in [-0.2, 0) is 13.5 Å². The van der Waals surface area contributed by atoms with Gasteiger partial charge in [-0.15, -0.1) is 0 Å². The Morgan fingerprint density at radius 3 is 2.63 bits per heavy atom. The maximum absolute atomic E-state index is 13.7. The number of aromatic nitrogens is 4. The number of hydrogen-bond acceptors (Lipinski definition) is 5. The molecule has 0 spiro atoms. The number of aromatic amines is 1. The van der Waals surface area contributed by atoms with Crippen LogP contribution in [0.1, 0.15) is 33.1 Å². The normalized spacial score (nSPS) is 11.9. The lowest BCUT2D eigenvalue weighted by molar-refractivity contribution is 0.0945. The zero-order valence-electron chi connectivity index (χ0n) is 19.3. The van der Waals surface area contributed by atoms with Crippen molar-refractivity contribution < 1.29 is 4.79 Å². The van der Waals surface area contributed by atoms with E-state index < -0.39 is 6.04 Å². The maximum Gasteiger partial charge on any atom is 0.186 e. The van der Waals surface area contributed by atoms with Crippen molar-refractivity contribution in [2.75, 3.05) is 6.54 Å². The van der Waals surface area contributed by atoms with Crippen LogP contribution in [0.25, 0.3) is 22.3 Å². The van der Waals surface area contributed by atoms with Crippen LogP contribution in [0.3, 0.4) is 0 Å². The predicted octanol–water partition coefficient (Wildman–Crippen LogP) is 4.59. The highest BCUT2D eigenvalue weighted by Crippen LogP contribution is 2.26. The predicted molar refractivity (Wildman–Crippen MR) is 135 cm³/mol. The van der Waals surface area contributed by atoms with Crippen LogP contribution in [0.5, 0.6) is 0 Å². The zero-order valence-corrected chi connectivity index (χ0v) is 19.3. The number of rotatable bonds is 8. The monoisotopic (exact) mass is 460 g/mol. The van der Waals surface area contributed by atoms with Crippen molar-refractivity contribution >= 4 is 16.8 Å². The fourth-order valence-electron chi connectivity index (χ4n) is 4.19. The van der Waals surface area contributed by atoms with E-state index in [4.69, 9.17) is 10.2 Å². The summed E-state index contributed by atoms with van der Waals surface area (Å²) in [6, 6.07) is 22.8. The Kier molecular flexibility index (Phi) is 6.20. The number of carbonyl (C=O) groups is 1. The van der Waals surface area contributed by atoms with Crippen LogP contribution in [0.15, 0.2) is 85.3 Å². The molecular formula is C28H24N6O. The van der Waals surface area contributed by atoms with Crippen molar-refractivity contribution in [2.45, 2.75) is 12.5 Å². The molecule has 0 saturated carbocycles. The number of nitriles is 1. The molecule has 2 aromatic carbocycles. The van der Waals surface area contributed by atoms with Crippen molar-refractivity contribution in [3.05, 3.63) is 108 Å². The molecule has 172 valence electrons. The fourth-order valence-corrected chi connectivity index (χ4v) is 4.19. The quantitative estimate of drug-likeness (QED) is 0.330. The summed E-state index contributed by atoms with van der Waals surface area (Å²) in [5, 5.41) is 17.4. The number of benzene rings is 2. The minimum atomic E-state index is -0.494. The van der Waals surface area contributed by atoms with Gasteiger partial charge in [-0.2, -0.15) is 10.4 Å². The first-order valence-corrected chi connectivity index (χ1v) is 11.4. The van der Waals surface area contributed by atoms with E-state index in [2.05, 4.69) is 21.5 Å². The number of pyridine rings is 1. The third-order valence-corrected chi connectivity index (χ3v) is 6.05. The number of ketones is 1. The third kappa shape index (κ3) is 4.74. The summed E-state index contributed by atoms with van der Waals surface area (Å²) >= 11 is 0. The standard InChI is InChI=1S/C28H24N6O/c1-34-18-22(16-32-34)25-12-11-23-24(17-31-28(23)33-25)27(35)26(21-5-3-2-4-6-21)30-14-13-19-7-9-20(15-29)10-8-19/h2-12,16-18,26,30H,13-14H2,1H3,(H,31,33)/t26-/m0/s1. The minimum Gasteiger partial charge on any atom is -0.345 e. The summed E-state index contributed by atoms with van der Waals surface area (Å²) < 4.78 is 1.74. The van der Waals surface area contributed by atoms with Crippen LogP contribution in [0, 0.1) is 11.3 Å². The molecule has 7 heteroatoms. The lowest BCUT2D eigenvalue weighted by Crippen LogP contribution is -2.30. The van der Waals surface area contributed by atoms with Crippen molar-refractivity contribution in [3.8, 4) is 17.3 Å². The molecule has 5 rings (SSSR count). The summed E-state index contributed by atoms with van der Waals surface area (Å²) in [7, 11) is 1.87. The molecule has 3 heterocycles. The Balaban J connectivity index is 1.39. The van der Waals surface area contributed by atoms with Gasteiger partial charge in [-0.1, -0.05) is 42.5 Å². The van der Waals surface area contributed by atoms with E-state index in [-0.39, 0.29) is 5.78 Å². The molecule has 0 bridgehead atoms. The summed E-state index contributed by atoms with van der Waals surface area (Å²) in [5.74, 6) is -0.0155. The average molecular weight is 461 g/mol. The van der Waals surface area contributed by atoms with Crippen LogP contribution >= 0.6 is 0 Å². The van der Waals surface area contributed by atoms with Gasteiger partial charge in [0.25, 0.3) is 0 Å². The fraction of sp³-hybridized carbons (Fsp3) is 0.143. The summed E-state index contributed by atoms with van der Waals surface area (Å²) in [4.78, 5) is 21.6. The van der Waals surface area contributed by atoms with Crippen molar-refractivity contribution in [1.82, 2.24) is 25.1 Å². The Hall–Kier alpha value is -4.54. The molecule has 0 fully saturated rings. The number of carbonyl (C=O) groups excluding carboxylic acids is 1. The molecule has 7 nitrogen and oxygen atoms in total. The van der Waals surface area contributed by atoms with Gasteiger partial charge in [-0.05, 0) is 41.8 Å². The van der Waals surface area contributed by atoms with Gasteiger partial charge in [-0.25, -0.2) is 4.98 Å². The highest BCUT2D eigenvalue weighted by molar-refractivity contribution is 6.10. The lowest BCUT2D eigenvalue weighted by Gasteiger charge is -2.18. The van der Waals surface area contributed by atoms with Gasteiger partial charge in [0.1, 0.15) is 5.65 Å². The van der Waals surface area contributed by atoms with E-state index >= 15 is 0 Å². The maximum atomic E-state index is 13.7. The van der Waals surface area contributed by atoms with Crippen LogP contribution < -0.4 is 5.32 Å². The van der Waals surface area contributed by atoms with Gasteiger partial charge in [0.05, 0.1) is 29.6 Å². The number of aryl methyl sites for hydroxylation is 1. The molecule has 0 saturated heterocycles. The summed E-state index contributed by atoms with van der Waals surface area (Å²) in [6.45, 7) is 0.614. The molecule has 0 aliphatic heterocycles. The molecule has 1 atom stereocenters. The Morgan fingerprint density at radius 1 is 1.11 bits per heavy atom. The second-order valence-electron chi connectivity index (χ2n) is 8.42. The molecule has 0 aliphatic rings. The first-order valence-electron chi connectivity index (χ1n) is 11.4. The third-order valence-electron chi connectivity index (χ3n) is 6.05. The van der Waals surface area contributed by atoms with Gasteiger partial charge in [0, 0.05) is 42.5 Å². The van der Waals surface area contributed by atoms with E-state index in [1.54, 1.807) is 17.1 Å². The molecule has 0 amide bonds. The van der Waals surface area contributed by atoms with Gasteiger partial charge >= 0.3 is 0 Å². The van der Waals surface area contributed by atoms with Crippen LogP contribution in [0.4, 0.5) is 0 Å². The minimum absolute atomic E-state index is 0.0155. The van der Waals surface area contributed by atoms with Crippen LogP contribution in [0.2, 0.25) is 0 Å². The summed E-state index contributed by atoms with van der Waals surface area (Å²) in [6.07, 6.45) is 6.16. The summed E-state index contributed by atoms with van der Waals surface area (Å²) in [5.41, 5.74) is 5.64. The molecule has 0 radical (unpaired) electrons. The van der Waals surface area contributed by atoms with E-state index in [9.17, 15) is 4.79 Å². The number of hydrogen-bond donors (Lipinski definition) is 2. The molecule has 0 unspecified atom stereocenters. The Bertz CT molecular complexity index is 1510. The number of nitrogens with one attached hydrogen (secondary N) is 2. The number of nitrogens with zero attached hydrogens (tertiary/aromatic N) is 4. The smallest absolute Gasteiger partial charge is 0.186 e. The first kappa shape index (κ1) is 22.3. The Labute approximate surface area is 203 Å². The van der Waals surface area contributed by atoms with E-state index in [1.165, 1.54) is 0 Å². The van der Waals surface area contributed by atoms with E-state index in [0.717, 1.165) is 34.2 Å². The number of H-pyrrole nitrogens is 1. The van der Waals surface area contributed by atoms with Gasteiger partial charge < -0.3 is 10.3 Å². The van der Waals surface area contributed by atoms with Crippen molar-refractivity contribution in [2.24, 2.45) is 7.05 Å². The topological polar surface area (TPSA) is 99.4 Å². The van der Waals surface area contributed by atoms with Gasteiger partial charge in [-0.3, -0.25) is 9.48 Å². The SMILES string of the molecule is Cn1cc(-c2ccc3c(C(=O)[C@@H](NCCc4ccc(C#N)cc4)c4ccccc4)c[nH]c3n2)cn1. The van der Waals surface area contributed by atoms with Crippen LogP contribution in [-0.4, -0.2) is 32.1 Å². The molecular weight excluding hydrogens is 436 g/mol. The molecule has 3 aromatic heterocycles. The van der Waals surface area contributed by atoms with Gasteiger partial charge in [0.2, 0.25) is 0 Å². The highest BCUT2D eigenvalue weighted by Gasteiger charge is 2.24.